The number of nitrogens with zero attached hydrogens (tertiary/aromatic N) is 5. The van der Waals surface area contributed by atoms with Gasteiger partial charge in [-0.3, -0.25) is 9.48 Å². The molecule has 2 N–H and O–H groups in total. The highest BCUT2D eigenvalue weighted by molar-refractivity contribution is 6.10. The zero-order chi connectivity index (χ0) is 23.5. The molecule has 5 rings (SSSR count). The van der Waals surface area contributed by atoms with Crippen molar-refractivity contribution in [3.05, 3.63) is 59.0 Å². The average Bonchev–Trinajstić information content (AvgIpc) is 3.19. The number of amides is 1. The summed E-state index contributed by atoms with van der Waals surface area (Å²) >= 11 is 0. The van der Waals surface area contributed by atoms with E-state index in [0.29, 0.717) is 28.0 Å². The highest BCUT2D eigenvalue weighted by atomic mass is 19.4. The van der Waals surface area contributed by atoms with Crippen LogP contribution < -0.4 is 5.73 Å². The molecule has 0 spiro atoms. The van der Waals surface area contributed by atoms with Crippen LogP contribution in [0.5, 0.6) is 0 Å². The van der Waals surface area contributed by atoms with Crippen LogP contribution in [0.2, 0.25) is 0 Å². The van der Waals surface area contributed by atoms with Gasteiger partial charge in [0.2, 0.25) is 0 Å². The lowest BCUT2D eigenvalue weighted by molar-refractivity contribution is -0.141. The second-order valence-electron chi connectivity index (χ2n) is 7.94. The first kappa shape index (κ1) is 21.1. The van der Waals surface area contributed by atoms with E-state index in [1.165, 1.54) is 11.0 Å². The summed E-state index contributed by atoms with van der Waals surface area (Å²) in [4.78, 5) is 22.9. The number of aryl methyl sites for hydroxylation is 1. The fourth-order valence-corrected chi connectivity index (χ4v) is 4.22. The van der Waals surface area contributed by atoms with E-state index in [0.717, 1.165) is 16.8 Å². The van der Waals surface area contributed by atoms with Crippen molar-refractivity contribution in [2.75, 3.05) is 19.4 Å². The van der Waals surface area contributed by atoms with Crippen LogP contribution in [-0.4, -0.2) is 44.2 Å². The third kappa shape index (κ3) is 3.44. The second kappa shape index (κ2) is 7.41. The number of hydrogen-bond donors (Lipinski definition) is 1. The highest BCUT2D eigenvalue weighted by Crippen LogP contribution is 2.34. The van der Waals surface area contributed by atoms with Gasteiger partial charge < -0.3 is 15.4 Å². The lowest BCUT2D eigenvalue weighted by Crippen LogP contribution is -2.36. The van der Waals surface area contributed by atoms with Gasteiger partial charge in [-0.05, 0) is 24.3 Å². The van der Waals surface area contributed by atoms with Gasteiger partial charge in [-0.1, -0.05) is 6.07 Å². The molecule has 1 amide bonds. The molecule has 4 aromatic rings. The molecule has 1 aromatic carbocycles. The van der Waals surface area contributed by atoms with E-state index in [9.17, 15) is 18.0 Å². The van der Waals surface area contributed by atoms with Crippen molar-refractivity contribution >= 4 is 33.5 Å². The first-order valence-corrected chi connectivity index (χ1v) is 10.1. The normalized spacial score (nSPS) is 16.2. The lowest BCUT2D eigenvalue weighted by atomic mass is 10.00. The van der Waals surface area contributed by atoms with Crippen LogP contribution in [0.3, 0.4) is 0 Å². The van der Waals surface area contributed by atoms with Crippen molar-refractivity contribution in [1.82, 2.24) is 24.6 Å². The fraction of sp³-hybridized carbons (Fsp3) is 0.273. The Morgan fingerprint density at radius 2 is 2.00 bits per heavy atom. The van der Waals surface area contributed by atoms with Gasteiger partial charge in [0, 0.05) is 36.0 Å². The van der Waals surface area contributed by atoms with E-state index in [1.54, 1.807) is 43.2 Å². The molecule has 0 bridgehead atoms. The molecule has 4 heterocycles. The van der Waals surface area contributed by atoms with E-state index in [4.69, 9.17) is 10.5 Å². The highest BCUT2D eigenvalue weighted by Gasteiger charge is 2.35. The van der Waals surface area contributed by atoms with Crippen molar-refractivity contribution in [1.29, 1.82) is 0 Å². The van der Waals surface area contributed by atoms with E-state index >= 15 is 0 Å². The Kier molecular flexibility index (Phi) is 4.74. The maximum Gasteiger partial charge on any atom is 0.433 e. The summed E-state index contributed by atoms with van der Waals surface area (Å²) < 4.78 is 46.2. The number of benzene rings is 1. The number of ether oxygens (including phenoxy) is 1. The number of carbonyl (C=O) groups is 1. The van der Waals surface area contributed by atoms with Gasteiger partial charge in [-0.15, -0.1) is 0 Å². The molecule has 3 aromatic heterocycles. The van der Waals surface area contributed by atoms with Crippen molar-refractivity contribution in [3.63, 3.8) is 0 Å². The molecular weight excluding hydrogens is 437 g/mol. The minimum Gasteiger partial charge on any atom is -0.382 e. The van der Waals surface area contributed by atoms with Gasteiger partial charge in [-0.2, -0.15) is 18.3 Å². The minimum absolute atomic E-state index is 0.0418. The van der Waals surface area contributed by atoms with Gasteiger partial charge in [0.15, 0.2) is 0 Å². The van der Waals surface area contributed by atoms with Crippen molar-refractivity contribution in [3.8, 4) is 0 Å². The topological polar surface area (TPSA) is 99.2 Å². The SMILES string of the molecule is CN(C(=O)c1ccc2nc(N)c3c(cnn3C)c2c1)[C@@H]1COCc2nc(C(F)(F)F)ccc21. The summed E-state index contributed by atoms with van der Waals surface area (Å²) in [6.45, 7) is 0.112. The van der Waals surface area contributed by atoms with E-state index in [2.05, 4.69) is 15.1 Å². The molecule has 1 atom stereocenters. The molecule has 1 aliphatic rings. The second-order valence-corrected chi connectivity index (χ2v) is 7.94. The zero-order valence-electron chi connectivity index (χ0n) is 17.7. The van der Waals surface area contributed by atoms with E-state index in [-0.39, 0.29) is 24.8 Å². The standard InChI is InChI=1S/C22H19F3N6O2/c1-30(17-10-33-9-16-12(17)4-6-18(28-16)22(23,24)25)21(32)11-3-5-15-13(7-11)14-8-27-31(2)19(14)20(26)29-15/h3-8,17H,9-10H2,1-2H3,(H2,26,29)/t17-/m1/s1. The minimum atomic E-state index is -4.55. The van der Waals surface area contributed by atoms with Gasteiger partial charge in [0.1, 0.15) is 17.0 Å². The van der Waals surface area contributed by atoms with Crippen molar-refractivity contribution in [2.45, 2.75) is 18.8 Å². The molecule has 0 aliphatic carbocycles. The quantitative estimate of drug-likeness (QED) is 0.496. The summed E-state index contributed by atoms with van der Waals surface area (Å²) in [6, 6.07) is 6.80. The fourth-order valence-electron chi connectivity index (χ4n) is 4.22. The Morgan fingerprint density at radius 3 is 2.76 bits per heavy atom. The van der Waals surface area contributed by atoms with Gasteiger partial charge in [0.25, 0.3) is 5.91 Å². The number of fused-ring (bicyclic) bond motifs is 4. The molecule has 0 saturated heterocycles. The lowest BCUT2D eigenvalue weighted by Gasteiger charge is -2.33. The van der Waals surface area contributed by atoms with E-state index < -0.39 is 17.9 Å². The number of carbonyl (C=O) groups excluding carboxylic acids is 1. The molecular formula is C22H19F3N6O2. The van der Waals surface area contributed by atoms with Crippen LogP contribution in [-0.2, 0) is 24.6 Å². The molecule has 0 fully saturated rings. The van der Waals surface area contributed by atoms with Crippen LogP contribution in [0.15, 0.2) is 36.5 Å². The maximum atomic E-state index is 13.3. The largest absolute Gasteiger partial charge is 0.433 e. The van der Waals surface area contributed by atoms with Gasteiger partial charge >= 0.3 is 6.18 Å². The first-order valence-electron chi connectivity index (χ1n) is 10.1. The van der Waals surface area contributed by atoms with Crippen LogP contribution in [0, 0.1) is 0 Å². The predicted molar refractivity (Wildman–Crippen MR) is 114 cm³/mol. The van der Waals surface area contributed by atoms with Crippen LogP contribution in [0.1, 0.15) is 33.4 Å². The smallest absolute Gasteiger partial charge is 0.382 e. The average molecular weight is 456 g/mol. The Labute approximate surface area is 185 Å². The van der Waals surface area contributed by atoms with Gasteiger partial charge in [0.05, 0.1) is 36.7 Å². The van der Waals surface area contributed by atoms with Crippen molar-refractivity contribution in [2.24, 2.45) is 7.05 Å². The molecule has 8 nitrogen and oxygen atoms in total. The summed E-state index contributed by atoms with van der Waals surface area (Å²) in [6.07, 6.45) is -2.88. The maximum absolute atomic E-state index is 13.3. The predicted octanol–water partition coefficient (Wildman–Crippen LogP) is 3.46. The van der Waals surface area contributed by atoms with Crippen molar-refractivity contribution < 1.29 is 22.7 Å². The summed E-state index contributed by atoms with van der Waals surface area (Å²) in [5.41, 5.74) is 7.48. The number of aromatic nitrogens is 4. The summed E-state index contributed by atoms with van der Waals surface area (Å²) in [5.74, 6) is 0.0301. The monoisotopic (exact) mass is 456 g/mol. The van der Waals surface area contributed by atoms with E-state index in [1.807, 2.05) is 0 Å². The van der Waals surface area contributed by atoms with Crippen LogP contribution in [0.25, 0.3) is 21.8 Å². The number of halogens is 3. The number of rotatable bonds is 2. The third-order valence-electron chi connectivity index (χ3n) is 5.92. The Hall–Kier alpha value is -3.73. The number of alkyl halides is 3. The zero-order valence-corrected chi connectivity index (χ0v) is 17.7. The summed E-state index contributed by atoms with van der Waals surface area (Å²) in [7, 11) is 3.35. The molecule has 0 radical (unpaired) electrons. The molecule has 0 unspecified atom stereocenters. The van der Waals surface area contributed by atoms with Crippen LogP contribution in [0.4, 0.5) is 19.0 Å². The Bertz CT molecular complexity index is 1420. The number of nitrogen functional groups attached to an aromatic ring is 1. The number of pyridine rings is 2. The first-order chi connectivity index (χ1) is 15.6. The van der Waals surface area contributed by atoms with Crippen LogP contribution >= 0.6 is 0 Å². The molecule has 170 valence electrons. The summed E-state index contributed by atoms with van der Waals surface area (Å²) in [5, 5.41) is 5.73. The number of nitrogens with two attached hydrogens (primary N) is 1. The molecule has 1 aliphatic heterocycles. The number of likely N-dealkylation sites (N-methyl/N-ethyl adjacent to an activating group) is 1. The number of anilines is 1. The Balaban J connectivity index is 1.52. The molecule has 33 heavy (non-hydrogen) atoms. The third-order valence-corrected chi connectivity index (χ3v) is 5.92. The van der Waals surface area contributed by atoms with Gasteiger partial charge in [-0.25, -0.2) is 9.97 Å². The number of hydrogen-bond acceptors (Lipinski definition) is 6. The molecule has 0 saturated carbocycles. The molecule has 11 heteroatoms. The Morgan fingerprint density at radius 1 is 1.21 bits per heavy atom.